The number of ether oxygens (including phenoxy) is 1. The molecule has 0 bridgehead atoms. The van der Waals surface area contributed by atoms with Crippen molar-refractivity contribution >= 4 is 11.3 Å². The van der Waals surface area contributed by atoms with Crippen LogP contribution in [0.3, 0.4) is 0 Å². The number of imidazole rings is 1. The Kier molecular flexibility index (Phi) is 5.34. The van der Waals surface area contributed by atoms with Crippen LogP contribution in [-0.2, 0) is 0 Å². The Morgan fingerprint density at radius 2 is 1.84 bits per heavy atom. The predicted octanol–water partition coefficient (Wildman–Crippen LogP) is 5.25. The molecule has 6 nitrogen and oxygen atoms in total. The third-order valence-corrected chi connectivity index (χ3v) is 6.05. The number of benzene rings is 2. The Morgan fingerprint density at radius 3 is 2.53 bits per heavy atom. The number of hydrogen-bond donors (Lipinski definition) is 0. The highest BCUT2D eigenvalue weighted by atomic mass is 16.5. The third kappa shape index (κ3) is 3.83. The summed E-state index contributed by atoms with van der Waals surface area (Å²) in [5, 5.41) is 0. The van der Waals surface area contributed by atoms with Gasteiger partial charge in [0.2, 0.25) is 5.65 Å². The van der Waals surface area contributed by atoms with Gasteiger partial charge in [-0.1, -0.05) is 54.1 Å². The summed E-state index contributed by atoms with van der Waals surface area (Å²) in [4.78, 5) is 15.4. The van der Waals surface area contributed by atoms with E-state index >= 15 is 0 Å². The highest BCUT2D eigenvalue weighted by Gasteiger charge is 2.23. The van der Waals surface area contributed by atoms with Crippen LogP contribution in [0.2, 0.25) is 0 Å². The van der Waals surface area contributed by atoms with Crippen molar-refractivity contribution in [2.45, 2.75) is 13.3 Å². The minimum Gasteiger partial charge on any atom is -0.475 e. The lowest BCUT2D eigenvalue weighted by molar-refractivity contribution is 0.243. The van der Waals surface area contributed by atoms with Gasteiger partial charge in [0.25, 0.3) is 5.88 Å². The van der Waals surface area contributed by atoms with Crippen LogP contribution in [0.4, 0.5) is 5.69 Å². The second-order valence-corrected chi connectivity index (χ2v) is 8.49. The van der Waals surface area contributed by atoms with Crippen LogP contribution in [0.1, 0.15) is 12.0 Å². The first-order valence-electron chi connectivity index (χ1n) is 10.9. The van der Waals surface area contributed by atoms with Crippen LogP contribution >= 0.6 is 0 Å². The van der Waals surface area contributed by atoms with E-state index < -0.39 is 0 Å². The molecule has 3 heterocycles. The van der Waals surface area contributed by atoms with Gasteiger partial charge in [0.15, 0.2) is 5.69 Å². The fourth-order valence-electron chi connectivity index (χ4n) is 4.30. The molecule has 0 radical (unpaired) electrons. The van der Waals surface area contributed by atoms with Gasteiger partial charge < -0.3 is 9.64 Å². The molecule has 6 heteroatoms. The first-order valence-corrected chi connectivity index (χ1v) is 10.9. The highest BCUT2D eigenvalue weighted by Crippen LogP contribution is 2.35. The summed E-state index contributed by atoms with van der Waals surface area (Å²) in [6.07, 6.45) is 4.88. The molecule has 2 aromatic carbocycles. The lowest BCUT2D eigenvalue weighted by Gasteiger charge is -2.17. The first kappa shape index (κ1) is 20.2. The van der Waals surface area contributed by atoms with Crippen molar-refractivity contribution in [3.63, 3.8) is 0 Å². The summed E-state index contributed by atoms with van der Waals surface area (Å²) in [5.41, 5.74) is 6.29. The number of nitrogens with zero attached hydrogens (tertiary/aromatic N) is 5. The van der Waals surface area contributed by atoms with Gasteiger partial charge in [-0.3, -0.25) is 4.40 Å². The second-order valence-electron chi connectivity index (χ2n) is 8.49. The number of likely N-dealkylation sites (tertiary alicyclic amines) is 1. The van der Waals surface area contributed by atoms with E-state index in [4.69, 9.17) is 16.3 Å². The molecule has 1 aliphatic heterocycles. The normalized spacial score (nSPS) is 16.3. The van der Waals surface area contributed by atoms with Crippen molar-refractivity contribution in [3.05, 3.63) is 77.9 Å². The fraction of sp³-hybridized carbons (Fsp3) is 0.269. The van der Waals surface area contributed by atoms with Crippen molar-refractivity contribution in [3.8, 4) is 28.4 Å². The molecule has 0 amide bonds. The lowest BCUT2D eigenvalue weighted by Crippen LogP contribution is -2.18. The molecule has 1 fully saturated rings. The molecule has 1 atom stereocenters. The monoisotopic (exact) mass is 423 g/mol. The zero-order valence-corrected chi connectivity index (χ0v) is 18.3. The largest absolute Gasteiger partial charge is 0.475 e. The smallest absolute Gasteiger partial charge is 0.259 e. The van der Waals surface area contributed by atoms with E-state index in [0.717, 1.165) is 42.0 Å². The van der Waals surface area contributed by atoms with Crippen molar-refractivity contribution in [1.82, 2.24) is 19.3 Å². The number of fused-ring (bicyclic) bond motifs is 1. The van der Waals surface area contributed by atoms with E-state index in [0.29, 0.717) is 29.7 Å². The SMILES string of the molecule is [C-]#[N+]c1ccc(-c2nc(OC[C@@H]3CCN(C)C3)c3nccn3c2-c2ccc(C)cc2)cc1. The molecule has 0 N–H and O–H groups in total. The van der Waals surface area contributed by atoms with Gasteiger partial charge in [-0.2, -0.15) is 0 Å². The molecule has 2 aromatic heterocycles. The zero-order chi connectivity index (χ0) is 22.1. The summed E-state index contributed by atoms with van der Waals surface area (Å²) in [6.45, 7) is 12.1. The van der Waals surface area contributed by atoms with E-state index in [1.54, 1.807) is 6.20 Å². The van der Waals surface area contributed by atoms with Crippen molar-refractivity contribution in [2.24, 2.45) is 5.92 Å². The minimum atomic E-state index is 0.495. The maximum atomic E-state index is 7.26. The van der Waals surface area contributed by atoms with Gasteiger partial charge in [-0.25, -0.2) is 14.8 Å². The van der Waals surface area contributed by atoms with E-state index in [1.807, 2.05) is 30.5 Å². The third-order valence-electron chi connectivity index (χ3n) is 6.05. The van der Waals surface area contributed by atoms with Gasteiger partial charge in [-0.05, 0) is 32.5 Å². The second kappa shape index (κ2) is 8.45. The zero-order valence-electron chi connectivity index (χ0n) is 18.3. The maximum absolute atomic E-state index is 7.26. The van der Waals surface area contributed by atoms with Gasteiger partial charge in [-0.15, -0.1) is 0 Å². The maximum Gasteiger partial charge on any atom is 0.259 e. The summed E-state index contributed by atoms with van der Waals surface area (Å²) in [7, 11) is 2.15. The number of aryl methyl sites for hydroxylation is 1. The summed E-state index contributed by atoms with van der Waals surface area (Å²) >= 11 is 0. The highest BCUT2D eigenvalue weighted by molar-refractivity contribution is 5.82. The van der Waals surface area contributed by atoms with Crippen LogP contribution in [0, 0.1) is 19.4 Å². The van der Waals surface area contributed by atoms with Crippen LogP contribution in [0.5, 0.6) is 5.88 Å². The fourth-order valence-corrected chi connectivity index (χ4v) is 4.30. The molecular formula is C26H25N5O. The quantitative estimate of drug-likeness (QED) is 0.411. The van der Waals surface area contributed by atoms with Crippen LogP contribution in [0.15, 0.2) is 60.9 Å². The Bertz CT molecular complexity index is 1290. The first-order chi connectivity index (χ1) is 15.6. The van der Waals surface area contributed by atoms with Gasteiger partial charge in [0, 0.05) is 30.4 Å². The molecule has 0 unspecified atom stereocenters. The Balaban J connectivity index is 1.64. The molecule has 0 spiro atoms. The molecule has 1 saturated heterocycles. The average Bonchev–Trinajstić information content (AvgIpc) is 3.47. The van der Waals surface area contributed by atoms with Gasteiger partial charge >= 0.3 is 0 Å². The topological polar surface area (TPSA) is 47.0 Å². The molecule has 32 heavy (non-hydrogen) atoms. The van der Waals surface area contributed by atoms with E-state index in [9.17, 15) is 0 Å². The molecule has 1 aliphatic rings. The Labute approximate surface area is 187 Å². The standard InChI is InChI=1S/C26H25N5O/c1-18-4-6-21(7-5-18)24-23(20-8-10-22(27-2)11-9-20)29-26(25-28-13-15-31(24)25)32-17-19-12-14-30(3)16-19/h4-11,13,15,19H,12,14,16-17H2,1,3H3/t19-/m1/s1. The average molecular weight is 424 g/mol. The summed E-state index contributed by atoms with van der Waals surface area (Å²) in [6, 6.07) is 16.0. The molecule has 0 saturated carbocycles. The van der Waals surface area contributed by atoms with E-state index in [2.05, 4.69) is 57.4 Å². The molecule has 4 aromatic rings. The van der Waals surface area contributed by atoms with Crippen molar-refractivity contribution < 1.29 is 4.74 Å². The number of hydrogen-bond acceptors (Lipinski definition) is 4. The van der Waals surface area contributed by atoms with Gasteiger partial charge in [0.05, 0.1) is 24.6 Å². The molecule has 0 aliphatic carbocycles. The predicted molar refractivity (Wildman–Crippen MR) is 126 cm³/mol. The Hall–Kier alpha value is -3.69. The van der Waals surface area contributed by atoms with Crippen molar-refractivity contribution in [2.75, 3.05) is 26.7 Å². The summed E-state index contributed by atoms with van der Waals surface area (Å²) < 4.78 is 8.32. The molecular weight excluding hydrogens is 398 g/mol. The number of rotatable bonds is 5. The van der Waals surface area contributed by atoms with Crippen LogP contribution in [0.25, 0.3) is 33.0 Å². The van der Waals surface area contributed by atoms with E-state index in [1.165, 1.54) is 5.56 Å². The Morgan fingerprint density at radius 1 is 1.09 bits per heavy atom. The van der Waals surface area contributed by atoms with Crippen LogP contribution < -0.4 is 4.74 Å². The van der Waals surface area contributed by atoms with Crippen LogP contribution in [-0.4, -0.2) is 46.0 Å². The van der Waals surface area contributed by atoms with Gasteiger partial charge in [0.1, 0.15) is 0 Å². The lowest BCUT2D eigenvalue weighted by atomic mass is 10.0. The number of aromatic nitrogens is 3. The molecule has 160 valence electrons. The molecule has 5 rings (SSSR count). The summed E-state index contributed by atoms with van der Waals surface area (Å²) in [5.74, 6) is 1.04. The van der Waals surface area contributed by atoms with Crippen molar-refractivity contribution in [1.29, 1.82) is 0 Å². The minimum absolute atomic E-state index is 0.495. The van der Waals surface area contributed by atoms with E-state index in [-0.39, 0.29) is 0 Å².